The minimum absolute atomic E-state index is 0.00822. The molecule has 108 valence electrons. The van der Waals surface area contributed by atoms with Crippen LogP contribution in [-0.2, 0) is 4.79 Å². The second kappa shape index (κ2) is 6.56. The molecule has 1 aliphatic carbocycles. The summed E-state index contributed by atoms with van der Waals surface area (Å²) in [6.07, 6.45) is 2.17. The normalized spacial score (nSPS) is 13.5. The van der Waals surface area contributed by atoms with E-state index in [1.165, 1.54) is 0 Å². The van der Waals surface area contributed by atoms with Gasteiger partial charge in [-0.05, 0) is 49.3 Å². The minimum Gasteiger partial charge on any atom is -0.497 e. The fraction of sp³-hybridized carbons (Fsp3) is 0.429. The van der Waals surface area contributed by atoms with Crippen LogP contribution in [0, 0.1) is 0 Å². The number of hydrogen-bond acceptors (Lipinski definition) is 3. The monoisotopic (exact) mass is 293 g/mol. The van der Waals surface area contributed by atoms with Gasteiger partial charge in [0.2, 0.25) is 5.91 Å². The summed E-state index contributed by atoms with van der Waals surface area (Å²) in [7, 11) is 3.42. The largest absolute Gasteiger partial charge is 0.497 e. The molecule has 2 N–H and O–H groups in total. The standard InChI is InChI=1S/C14H19N3O2S/c1-17(9-13(18)15-10-3-4-10)14(20)16-11-5-7-12(19-2)8-6-11/h5-8,10H,3-4,9H2,1-2H3,(H,15,18)(H,16,20). The van der Waals surface area contributed by atoms with Gasteiger partial charge in [0.25, 0.3) is 0 Å². The molecule has 1 amide bonds. The third kappa shape index (κ3) is 4.38. The Labute approximate surface area is 124 Å². The molecule has 0 aliphatic heterocycles. The molecule has 1 saturated carbocycles. The molecule has 0 spiro atoms. The second-order valence-corrected chi connectivity index (χ2v) is 5.24. The summed E-state index contributed by atoms with van der Waals surface area (Å²) in [6.45, 7) is 0.262. The molecular weight excluding hydrogens is 274 g/mol. The van der Waals surface area contributed by atoms with Crippen LogP contribution in [0.1, 0.15) is 12.8 Å². The number of hydrogen-bond donors (Lipinski definition) is 2. The lowest BCUT2D eigenvalue weighted by Gasteiger charge is -2.20. The van der Waals surface area contributed by atoms with Crippen LogP contribution in [0.25, 0.3) is 0 Å². The van der Waals surface area contributed by atoms with E-state index in [-0.39, 0.29) is 12.5 Å². The first-order valence-electron chi connectivity index (χ1n) is 6.54. The van der Waals surface area contributed by atoms with Gasteiger partial charge in [-0.2, -0.15) is 0 Å². The third-order valence-electron chi connectivity index (χ3n) is 3.01. The molecule has 6 heteroatoms. The number of carbonyl (C=O) groups is 1. The van der Waals surface area contributed by atoms with Gasteiger partial charge in [-0.1, -0.05) is 0 Å². The van der Waals surface area contributed by atoms with Crippen LogP contribution >= 0.6 is 12.2 Å². The lowest BCUT2D eigenvalue weighted by Crippen LogP contribution is -2.40. The van der Waals surface area contributed by atoms with Gasteiger partial charge in [-0.25, -0.2) is 0 Å². The predicted octanol–water partition coefficient (Wildman–Crippen LogP) is 1.60. The molecule has 0 unspecified atom stereocenters. The first-order valence-corrected chi connectivity index (χ1v) is 6.95. The molecule has 1 aromatic rings. The number of nitrogens with zero attached hydrogens (tertiary/aromatic N) is 1. The lowest BCUT2D eigenvalue weighted by atomic mass is 10.3. The van der Waals surface area contributed by atoms with Crippen molar-refractivity contribution < 1.29 is 9.53 Å². The molecule has 5 nitrogen and oxygen atoms in total. The van der Waals surface area contributed by atoms with Crippen molar-refractivity contribution in [2.75, 3.05) is 26.0 Å². The van der Waals surface area contributed by atoms with Crippen LogP contribution in [0.5, 0.6) is 5.75 Å². The zero-order valence-corrected chi connectivity index (χ0v) is 12.5. The summed E-state index contributed by atoms with van der Waals surface area (Å²) in [4.78, 5) is 13.4. The quantitative estimate of drug-likeness (QED) is 0.808. The van der Waals surface area contributed by atoms with Crippen molar-refractivity contribution in [2.45, 2.75) is 18.9 Å². The van der Waals surface area contributed by atoms with Crippen molar-refractivity contribution in [3.8, 4) is 5.75 Å². The number of amides is 1. The van der Waals surface area contributed by atoms with Crippen molar-refractivity contribution >= 4 is 28.9 Å². The van der Waals surface area contributed by atoms with Gasteiger partial charge in [0, 0.05) is 18.8 Å². The van der Waals surface area contributed by atoms with E-state index in [0.717, 1.165) is 24.3 Å². The maximum Gasteiger partial charge on any atom is 0.239 e. The van der Waals surface area contributed by atoms with Gasteiger partial charge in [-0.3, -0.25) is 4.79 Å². The van der Waals surface area contributed by atoms with Gasteiger partial charge < -0.3 is 20.3 Å². The Balaban J connectivity index is 1.81. The van der Waals surface area contributed by atoms with E-state index >= 15 is 0 Å². The Hall–Kier alpha value is -1.82. The fourth-order valence-corrected chi connectivity index (χ4v) is 1.86. The highest BCUT2D eigenvalue weighted by Gasteiger charge is 2.23. The molecule has 0 radical (unpaired) electrons. The zero-order chi connectivity index (χ0) is 14.5. The van der Waals surface area contributed by atoms with Crippen LogP contribution < -0.4 is 15.4 Å². The van der Waals surface area contributed by atoms with Crippen LogP contribution in [0.2, 0.25) is 0 Å². The fourth-order valence-electron chi connectivity index (χ4n) is 1.68. The number of methoxy groups -OCH3 is 1. The molecule has 1 aliphatic rings. The Bertz CT molecular complexity index is 486. The summed E-state index contributed by atoms with van der Waals surface area (Å²) in [6, 6.07) is 7.83. The highest BCUT2D eigenvalue weighted by Crippen LogP contribution is 2.18. The van der Waals surface area contributed by atoms with Crippen molar-refractivity contribution in [1.29, 1.82) is 0 Å². The average molecular weight is 293 g/mol. The van der Waals surface area contributed by atoms with Crippen LogP contribution in [0.15, 0.2) is 24.3 Å². The average Bonchev–Trinajstić information content (AvgIpc) is 3.23. The maximum absolute atomic E-state index is 11.7. The number of rotatable bonds is 5. The molecule has 0 heterocycles. The van der Waals surface area contributed by atoms with Gasteiger partial charge in [0.15, 0.2) is 5.11 Å². The number of anilines is 1. The number of thiocarbonyl (C=S) groups is 1. The van der Waals surface area contributed by atoms with Crippen molar-refractivity contribution in [3.63, 3.8) is 0 Å². The van der Waals surface area contributed by atoms with E-state index in [4.69, 9.17) is 17.0 Å². The summed E-state index contributed by atoms with van der Waals surface area (Å²) < 4.78 is 5.09. The minimum atomic E-state index is 0.00822. The Morgan fingerprint density at radius 1 is 1.40 bits per heavy atom. The lowest BCUT2D eigenvalue weighted by molar-refractivity contribution is -0.121. The van der Waals surface area contributed by atoms with Gasteiger partial charge in [0.05, 0.1) is 13.7 Å². The predicted molar refractivity (Wildman–Crippen MR) is 83.0 cm³/mol. The topological polar surface area (TPSA) is 53.6 Å². The SMILES string of the molecule is COc1ccc(NC(=S)N(C)CC(=O)NC2CC2)cc1. The summed E-state index contributed by atoms with van der Waals surface area (Å²) >= 11 is 5.27. The van der Waals surface area contributed by atoms with Gasteiger partial charge >= 0.3 is 0 Å². The highest BCUT2D eigenvalue weighted by atomic mass is 32.1. The van der Waals surface area contributed by atoms with Crippen molar-refractivity contribution in [3.05, 3.63) is 24.3 Å². The van der Waals surface area contributed by atoms with Crippen LogP contribution in [0.3, 0.4) is 0 Å². The number of benzene rings is 1. The van der Waals surface area contributed by atoms with E-state index in [2.05, 4.69) is 10.6 Å². The molecule has 1 fully saturated rings. The third-order valence-corrected chi connectivity index (χ3v) is 3.42. The van der Waals surface area contributed by atoms with E-state index < -0.39 is 0 Å². The first kappa shape index (κ1) is 14.6. The van der Waals surface area contributed by atoms with E-state index in [9.17, 15) is 4.79 Å². The highest BCUT2D eigenvalue weighted by molar-refractivity contribution is 7.80. The van der Waals surface area contributed by atoms with Gasteiger partial charge in [-0.15, -0.1) is 0 Å². The number of nitrogens with one attached hydrogen (secondary N) is 2. The smallest absolute Gasteiger partial charge is 0.239 e. The molecule has 0 aromatic heterocycles. The summed E-state index contributed by atoms with van der Waals surface area (Å²) in [5, 5.41) is 6.54. The van der Waals surface area contributed by atoms with E-state index in [0.29, 0.717) is 11.2 Å². The number of ether oxygens (including phenoxy) is 1. The Morgan fingerprint density at radius 3 is 2.60 bits per heavy atom. The van der Waals surface area contributed by atoms with Crippen LogP contribution in [0.4, 0.5) is 5.69 Å². The summed E-state index contributed by atoms with van der Waals surface area (Å²) in [5.74, 6) is 0.799. The van der Waals surface area contributed by atoms with Gasteiger partial charge in [0.1, 0.15) is 5.75 Å². The molecule has 0 atom stereocenters. The summed E-state index contributed by atoms with van der Waals surface area (Å²) in [5.41, 5.74) is 0.866. The van der Waals surface area contributed by atoms with Crippen molar-refractivity contribution in [1.82, 2.24) is 10.2 Å². The maximum atomic E-state index is 11.7. The zero-order valence-electron chi connectivity index (χ0n) is 11.7. The Morgan fingerprint density at radius 2 is 2.05 bits per heavy atom. The Kier molecular flexibility index (Phi) is 4.79. The molecule has 1 aromatic carbocycles. The first-order chi connectivity index (χ1) is 9.58. The van der Waals surface area contributed by atoms with E-state index in [1.807, 2.05) is 24.3 Å². The second-order valence-electron chi connectivity index (χ2n) is 4.86. The van der Waals surface area contributed by atoms with Crippen LogP contribution in [-0.4, -0.2) is 42.7 Å². The molecular formula is C14H19N3O2S. The molecule has 20 heavy (non-hydrogen) atoms. The van der Waals surface area contributed by atoms with E-state index in [1.54, 1.807) is 19.1 Å². The number of carbonyl (C=O) groups excluding carboxylic acids is 1. The van der Waals surface area contributed by atoms with Crippen molar-refractivity contribution in [2.24, 2.45) is 0 Å². The molecule has 0 saturated heterocycles. The molecule has 2 rings (SSSR count). The number of likely N-dealkylation sites (N-methyl/N-ethyl adjacent to an activating group) is 1. The molecule has 0 bridgehead atoms.